The standard InChI is InChI=1S/C12H20N2O3/c15-10-5-3-1-2-4-8(10)14-12(17)9-6-7-11(16)13-9/h8-10,15H,1-7H2,(H,13,16)(H,14,17)/t8?,9-,10?/m0/s1. The summed E-state index contributed by atoms with van der Waals surface area (Å²) in [6, 6.07) is -0.555. The van der Waals surface area contributed by atoms with E-state index in [-0.39, 0.29) is 17.9 Å². The Bertz CT molecular complexity index is 306. The molecule has 2 amide bonds. The number of amides is 2. The highest BCUT2D eigenvalue weighted by Gasteiger charge is 2.30. The highest BCUT2D eigenvalue weighted by Crippen LogP contribution is 2.18. The molecule has 3 N–H and O–H groups in total. The van der Waals surface area contributed by atoms with Crippen LogP contribution in [0.15, 0.2) is 0 Å². The zero-order valence-corrected chi connectivity index (χ0v) is 9.95. The summed E-state index contributed by atoms with van der Waals surface area (Å²) in [5.41, 5.74) is 0. The third-order valence-electron chi connectivity index (χ3n) is 3.62. The van der Waals surface area contributed by atoms with Crippen LogP contribution in [-0.2, 0) is 9.59 Å². The molecular weight excluding hydrogens is 220 g/mol. The predicted molar refractivity (Wildman–Crippen MR) is 62.2 cm³/mol. The number of aliphatic hydroxyl groups excluding tert-OH is 1. The molecule has 1 heterocycles. The van der Waals surface area contributed by atoms with Crippen LogP contribution in [0.4, 0.5) is 0 Å². The Morgan fingerprint density at radius 3 is 2.71 bits per heavy atom. The van der Waals surface area contributed by atoms with Gasteiger partial charge in [0.25, 0.3) is 0 Å². The molecule has 1 aliphatic heterocycles. The van der Waals surface area contributed by atoms with Crippen molar-refractivity contribution in [2.75, 3.05) is 0 Å². The second-order valence-electron chi connectivity index (χ2n) is 4.98. The lowest BCUT2D eigenvalue weighted by Gasteiger charge is -2.23. The van der Waals surface area contributed by atoms with Crippen molar-refractivity contribution in [2.45, 2.75) is 63.1 Å². The number of hydrogen-bond donors (Lipinski definition) is 3. The van der Waals surface area contributed by atoms with Gasteiger partial charge in [-0.25, -0.2) is 0 Å². The maximum Gasteiger partial charge on any atom is 0.242 e. The Morgan fingerprint density at radius 1 is 1.24 bits per heavy atom. The van der Waals surface area contributed by atoms with Crippen LogP contribution in [0.1, 0.15) is 44.9 Å². The number of carbonyl (C=O) groups is 2. The summed E-state index contributed by atoms with van der Waals surface area (Å²) in [6.45, 7) is 0. The van der Waals surface area contributed by atoms with Crippen LogP contribution in [-0.4, -0.2) is 35.1 Å². The zero-order chi connectivity index (χ0) is 12.3. The first-order chi connectivity index (χ1) is 8.16. The normalized spacial score (nSPS) is 33.9. The second-order valence-corrected chi connectivity index (χ2v) is 4.98. The van der Waals surface area contributed by atoms with Crippen molar-refractivity contribution in [3.63, 3.8) is 0 Å². The van der Waals surface area contributed by atoms with E-state index in [0.717, 1.165) is 32.1 Å². The fourth-order valence-electron chi connectivity index (χ4n) is 2.55. The van der Waals surface area contributed by atoms with Gasteiger partial charge in [-0.1, -0.05) is 19.3 Å². The quantitative estimate of drug-likeness (QED) is 0.598. The molecule has 0 bridgehead atoms. The van der Waals surface area contributed by atoms with E-state index < -0.39 is 12.1 Å². The Morgan fingerprint density at radius 2 is 2.00 bits per heavy atom. The summed E-state index contributed by atoms with van der Waals surface area (Å²) in [4.78, 5) is 22.9. The third-order valence-corrected chi connectivity index (χ3v) is 3.62. The topological polar surface area (TPSA) is 78.4 Å². The van der Waals surface area contributed by atoms with Gasteiger partial charge in [-0.15, -0.1) is 0 Å². The molecule has 96 valence electrons. The van der Waals surface area contributed by atoms with E-state index in [1.54, 1.807) is 0 Å². The monoisotopic (exact) mass is 240 g/mol. The van der Waals surface area contributed by atoms with Crippen molar-refractivity contribution in [3.8, 4) is 0 Å². The molecule has 2 rings (SSSR count). The largest absolute Gasteiger partial charge is 0.391 e. The lowest BCUT2D eigenvalue weighted by Crippen LogP contribution is -2.49. The number of carbonyl (C=O) groups excluding carboxylic acids is 2. The molecule has 1 aliphatic carbocycles. The molecule has 0 aromatic rings. The first-order valence-corrected chi connectivity index (χ1v) is 6.44. The van der Waals surface area contributed by atoms with E-state index in [4.69, 9.17) is 0 Å². The SMILES string of the molecule is O=C1CC[C@@H](C(=O)NC2CCCCCC2O)N1. The van der Waals surface area contributed by atoms with Gasteiger partial charge in [0.1, 0.15) is 6.04 Å². The molecule has 0 aromatic carbocycles. The van der Waals surface area contributed by atoms with Gasteiger partial charge >= 0.3 is 0 Å². The van der Waals surface area contributed by atoms with Crippen molar-refractivity contribution < 1.29 is 14.7 Å². The molecule has 1 saturated heterocycles. The second kappa shape index (κ2) is 5.49. The van der Waals surface area contributed by atoms with Gasteiger partial charge in [-0.05, 0) is 19.3 Å². The van der Waals surface area contributed by atoms with Crippen LogP contribution in [0.3, 0.4) is 0 Å². The molecule has 1 saturated carbocycles. The summed E-state index contributed by atoms with van der Waals surface area (Å²) in [6.07, 6.45) is 5.29. The van der Waals surface area contributed by atoms with Crippen molar-refractivity contribution >= 4 is 11.8 Å². The summed E-state index contributed by atoms with van der Waals surface area (Å²) in [5.74, 6) is -0.214. The van der Waals surface area contributed by atoms with Crippen molar-refractivity contribution in [1.29, 1.82) is 0 Å². The average Bonchev–Trinajstić information content (AvgIpc) is 2.63. The number of nitrogens with one attached hydrogen (secondary N) is 2. The summed E-state index contributed by atoms with van der Waals surface area (Å²) in [7, 11) is 0. The molecule has 0 radical (unpaired) electrons. The number of hydrogen-bond acceptors (Lipinski definition) is 3. The predicted octanol–water partition coefficient (Wildman–Crippen LogP) is 0.0748. The Kier molecular flexibility index (Phi) is 3.99. The van der Waals surface area contributed by atoms with E-state index in [1.165, 1.54) is 0 Å². The lowest BCUT2D eigenvalue weighted by molar-refractivity contribution is -0.126. The van der Waals surface area contributed by atoms with Crippen molar-refractivity contribution in [1.82, 2.24) is 10.6 Å². The van der Waals surface area contributed by atoms with Gasteiger partial charge in [-0.3, -0.25) is 9.59 Å². The fourth-order valence-corrected chi connectivity index (χ4v) is 2.55. The average molecular weight is 240 g/mol. The lowest BCUT2D eigenvalue weighted by atomic mass is 10.1. The Hall–Kier alpha value is -1.10. The van der Waals surface area contributed by atoms with E-state index in [2.05, 4.69) is 10.6 Å². The van der Waals surface area contributed by atoms with Crippen molar-refractivity contribution in [3.05, 3.63) is 0 Å². The number of aliphatic hydroxyl groups is 1. The molecule has 0 spiro atoms. The van der Waals surface area contributed by atoms with Gasteiger partial charge in [0.15, 0.2) is 0 Å². The minimum Gasteiger partial charge on any atom is -0.391 e. The molecule has 3 atom stereocenters. The van der Waals surface area contributed by atoms with Gasteiger partial charge < -0.3 is 15.7 Å². The minimum atomic E-state index is -0.446. The summed E-state index contributed by atoms with van der Waals surface area (Å²) in [5, 5.41) is 15.4. The molecular formula is C12H20N2O3. The first-order valence-electron chi connectivity index (χ1n) is 6.44. The van der Waals surface area contributed by atoms with Gasteiger partial charge in [0.2, 0.25) is 11.8 Å². The number of rotatable bonds is 2. The molecule has 0 aromatic heterocycles. The first kappa shape index (κ1) is 12.4. The molecule has 2 unspecified atom stereocenters. The highest BCUT2D eigenvalue weighted by atomic mass is 16.3. The van der Waals surface area contributed by atoms with Crippen LogP contribution >= 0.6 is 0 Å². The molecule has 5 nitrogen and oxygen atoms in total. The van der Waals surface area contributed by atoms with E-state index >= 15 is 0 Å². The van der Waals surface area contributed by atoms with Crippen LogP contribution in [0.5, 0.6) is 0 Å². The summed E-state index contributed by atoms with van der Waals surface area (Å²) < 4.78 is 0. The van der Waals surface area contributed by atoms with Crippen LogP contribution in [0.25, 0.3) is 0 Å². The van der Waals surface area contributed by atoms with Gasteiger partial charge in [-0.2, -0.15) is 0 Å². The maximum absolute atomic E-state index is 11.9. The van der Waals surface area contributed by atoms with Gasteiger partial charge in [0.05, 0.1) is 12.1 Å². The Labute approximate surface area is 101 Å². The highest BCUT2D eigenvalue weighted by molar-refractivity contribution is 5.90. The minimum absolute atomic E-state index is 0.0634. The maximum atomic E-state index is 11.9. The smallest absolute Gasteiger partial charge is 0.242 e. The molecule has 5 heteroatoms. The fraction of sp³-hybridized carbons (Fsp3) is 0.833. The summed E-state index contributed by atoms with van der Waals surface area (Å²) >= 11 is 0. The molecule has 2 fully saturated rings. The van der Waals surface area contributed by atoms with Crippen molar-refractivity contribution in [2.24, 2.45) is 0 Å². The molecule has 2 aliphatic rings. The van der Waals surface area contributed by atoms with E-state index in [9.17, 15) is 14.7 Å². The van der Waals surface area contributed by atoms with E-state index in [0.29, 0.717) is 12.8 Å². The third kappa shape index (κ3) is 3.19. The zero-order valence-electron chi connectivity index (χ0n) is 9.95. The molecule has 17 heavy (non-hydrogen) atoms. The van der Waals surface area contributed by atoms with Crippen LogP contribution in [0, 0.1) is 0 Å². The Balaban J connectivity index is 1.86. The van der Waals surface area contributed by atoms with Crippen LogP contribution < -0.4 is 10.6 Å². The van der Waals surface area contributed by atoms with E-state index in [1.807, 2.05) is 0 Å². The van der Waals surface area contributed by atoms with Crippen LogP contribution in [0.2, 0.25) is 0 Å². The van der Waals surface area contributed by atoms with Gasteiger partial charge in [0, 0.05) is 6.42 Å².